The smallest absolute Gasteiger partial charge is 0.250 e. The fraction of sp³-hybridized carbons (Fsp3) is 0.417. The predicted octanol–water partition coefficient (Wildman–Crippen LogP) is 1.91. The highest BCUT2D eigenvalue weighted by atomic mass is 79.9. The van der Waals surface area contributed by atoms with Crippen molar-refractivity contribution in [2.45, 2.75) is 12.5 Å². The van der Waals surface area contributed by atoms with Crippen LogP contribution in [0.25, 0.3) is 0 Å². The summed E-state index contributed by atoms with van der Waals surface area (Å²) in [6.07, 6.45) is 0. The van der Waals surface area contributed by atoms with Gasteiger partial charge in [-0.3, -0.25) is 4.79 Å². The fourth-order valence-electron chi connectivity index (χ4n) is 1.60. The van der Waals surface area contributed by atoms with Gasteiger partial charge in [0.05, 0.1) is 11.3 Å². The number of hydrogen-bond acceptors (Lipinski definition) is 3. The van der Waals surface area contributed by atoms with Gasteiger partial charge in [-0.1, -0.05) is 0 Å². The Morgan fingerprint density at radius 1 is 1.61 bits per heavy atom. The standard InChI is InChI=1S/C12H14BrFN2O2/c1-12(6-15-7-12)18-5-11(17)16-10-3-2-8(14)4-9(10)13/h2-4,15H,5-7H2,1H3,(H,16,17). The third-order valence-electron chi connectivity index (χ3n) is 2.75. The molecule has 6 heteroatoms. The van der Waals surface area contributed by atoms with E-state index in [1.165, 1.54) is 18.2 Å². The lowest BCUT2D eigenvalue weighted by Crippen LogP contribution is -2.59. The van der Waals surface area contributed by atoms with E-state index in [1.54, 1.807) is 0 Å². The Kier molecular flexibility index (Phi) is 3.99. The number of nitrogens with one attached hydrogen (secondary N) is 2. The van der Waals surface area contributed by atoms with Gasteiger partial charge in [0, 0.05) is 17.6 Å². The molecule has 1 aliphatic rings. The first kappa shape index (κ1) is 13.5. The van der Waals surface area contributed by atoms with Crippen LogP contribution in [0.4, 0.5) is 10.1 Å². The Balaban J connectivity index is 1.87. The van der Waals surface area contributed by atoms with E-state index < -0.39 is 0 Å². The number of rotatable bonds is 4. The topological polar surface area (TPSA) is 50.4 Å². The van der Waals surface area contributed by atoms with Crippen molar-refractivity contribution < 1.29 is 13.9 Å². The summed E-state index contributed by atoms with van der Waals surface area (Å²) in [6.45, 7) is 3.44. The molecule has 0 radical (unpaired) electrons. The van der Waals surface area contributed by atoms with Crippen molar-refractivity contribution in [3.63, 3.8) is 0 Å². The number of ether oxygens (including phenoxy) is 1. The quantitative estimate of drug-likeness (QED) is 0.892. The first-order chi connectivity index (χ1) is 8.48. The molecule has 0 unspecified atom stereocenters. The van der Waals surface area contributed by atoms with Gasteiger partial charge in [0.2, 0.25) is 5.91 Å². The van der Waals surface area contributed by atoms with Gasteiger partial charge < -0.3 is 15.4 Å². The third kappa shape index (κ3) is 3.28. The first-order valence-electron chi connectivity index (χ1n) is 5.58. The molecule has 18 heavy (non-hydrogen) atoms. The van der Waals surface area contributed by atoms with Crippen LogP contribution < -0.4 is 10.6 Å². The van der Waals surface area contributed by atoms with Gasteiger partial charge in [-0.2, -0.15) is 0 Å². The molecule has 0 atom stereocenters. The van der Waals surface area contributed by atoms with E-state index >= 15 is 0 Å². The SMILES string of the molecule is CC1(OCC(=O)Nc2ccc(F)cc2Br)CNC1. The Morgan fingerprint density at radius 3 is 2.89 bits per heavy atom. The van der Waals surface area contributed by atoms with Gasteiger partial charge in [0.15, 0.2) is 0 Å². The second-order valence-corrected chi connectivity index (χ2v) is 5.37. The van der Waals surface area contributed by atoms with Crippen LogP contribution in [-0.2, 0) is 9.53 Å². The molecule has 0 bridgehead atoms. The zero-order valence-electron chi connectivity index (χ0n) is 9.93. The highest BCUT2D eigenvalue weighted by Crippen LogP contribution is 2.23. The molecule has 2 N–H and O–H groups in total. The molecule has 0 aliphatic carbocycles. The van der Waals surface area contributed by atoms with Gasteiger partial charge in [0.25, 0.3) is 0 Å². The normalized spacial score (nSPS) is 17.1. The largest absolute Gasteiger partial charge is 0.363 e. The molecular formula is C12H14BrFN2O2. The van der Waals surface area contributed by atoms with Crippen LogP contribution in [-0.4, -0.2) is 31.2 Å². The predicted molar refractivity (Wildman–Crippen MR) is 70.0 cm³/mol. The molecule has 2 rings (SSSR count). The van der Waals surface area contributed by atoms with Crippen LogP contribution in [0, 0.1) is 5.82 Å². The van der Waals surface area contributed by atoms with Crippen molar-refractivity contribution in [2.24, 2.45) is 0 Å². The monoisotopic (exact) mass is 316 g/mol. The number of anilines is 1. The van der Waals surface area contributed by atoms with Crippen LogP contribution in [0.2, 0.25) is 0 Å². The van der Waals surface area contributed by atoms with Crippen molar-refractivity contribution in [2.75, 3.05) is 25.0 Å². The molecule has 98 valence electrons. The molecule has 1 aliphatic heterocycles. The van der Waals surface area contributed by atoms with Gasteiger partial charge in [-0.25, -0.2) is 4.39 Å². The Bertz CT molecular complexity index is 463. The van der Waals surface area contributed by atoms with Crippen LogP contribution in [0.15, 0.2) is 22.7 Å². The summed E-state index contributed by atoms with van der Waals surface area (Å²) < 4.78 is 18.9. The molecule has 1 fully saturated rings. The second-order valence-electron chi connectivity index (χ2n) is 4.51. The van der Waals surface area contributed by atoms with Crippen molar-refractivity contribution in [1.29, 1.82) is 0 Å². The summed E-state index contributed by atoms with van der Waals surface area (Å²) in [5.41, 5.74) is 0.277. The number of carbonyl (C=O) groups is 1. The van der Waals surface area contributed by atoms with Gasteiger partial charge >= 0.3 is 0 Å². The van der Waals surface area contributed by atoms with Gasteiger partial charge in [-0.15, -0.1) is 0 Å². The number of hydrogen-bond donors (Lipinski definition) is 2. The van der Waals surface area contributed by atoms with Crippen LogP contribution in [0.1, 0.15) is 6.92 Å². The lowest BCUT2D eigenvalue weighted by molar-refractivity contribution is -0.130. The summed E-state index contributed by atoms with van der Waals surface area (Å²) in [5, 5.41) is 5.74. The summed E-state index contributed by atoms with van der Waals surface area (Å²) >= 11 is 3.19. The van der Waals surface area contributed by atoms with E-state index in [0.29, 0.717) is 10.2 Å². The third-order valence-corrected chi connectivity index (χ3v) is 3.41. The average molecular weight is 317 g/mol. The van der Waals surface area contributed by atoms with Crippen molar-refractivity contribution in [3.05, 3.63) is 28.5 Å². The zero-order chi connectivity index (χ0) is 13.2. The minimum absolute atomic E-state index is 0.0119. The highest BCUT2D eigenvalue weighted by molar-refractivity contribution is 9.10. The molecule has 1 heterocycles. The first-order valence-corrected chi connectivity index (χ1v) is 6.37. The van der Waals surface area contributed by atoms with Crippen molar-refractivity contribution in [3.8, 4) is 0 Å². The van der Waals surface area contributed by atoms with E-state index in [0.717, 1.165) is 13.1 Å². The molecule has 1 aromatic carbocycles. The molecule has 1 amide bonds. The Labute approximate surface area is 113 Å². The maximum Gasteiger partial charge on any atom is 0.250 e. The number of carbonyl (C=O) groups excluding carboxylic acids is 1. The Hall–Kier alpha value is -0.980. The zero-order valence-corrected chi connectivity index (χ0v) is 11.5. The fourth-order valence-corrected chi connectivity index (χ4v) is 2.05. The van der Waals surface area contributed by atoms with E-state index in [-0.39, 0.29) is 23.9 Å². The molecule has 0 saturated carbocycles. The van der Waals surface area contributed by atoms with Crippen LogP contribution >= 0.6 is 15.9 Å². The minimum atomic E-state index is -0.357. The van der Waals surface area contributed by atoms with Crippen LogP contribution in [0.3, 0.4) is 0 Å². The summed E-state index contributed by atoms with van der Waals surface area (Å²) in [4.78, 5) is 11.7. The molecule has 1 aromatic rings. The van der Waals surface area contributed by atoms with Gasteiger partial charge in [-0.05, 0) is 41.1 Å². The van der Waals surface area contributed by atoms with E-state index in [2.05, 4.69) is 26.6 Å². The van der Waals surface area contributed by atoms with E-state index in [9.17, 15) is 9.18 Å². The molecule has 1 saturated heterocycles. The maximum atomic E-state index is 12.9. The van der Waals surface area contributed by atoms with Crippen molar-refractivity contribution in [1.82, 2.24) is 5.32 Å². The minimum Gasteiger partial charge on any atom is -0.363 e. The molecule has 4 nitrogen and oxygen atoms in total. The second kappa shape index (κ2) is 5.34. The Morgan fingerprint density at radius 2 is 2.33 bits per heavy atom. The number of benzene rings is 1. The number of amides is 1. The van der Waals surface area contributed by atoms with E-state index in [1.807, 2.05) is 6.92 Å². The highest BCUT2D eigenvalue weighted by Gasteiger charge is 2.33. The summed E-state index contributed by atoms with van der Waals surface area (Å²) in [7, 11) is 0. The van der Waals surface area contributed by atoms with Crippen LogP contribution in [0.5, 0.6) is 0 Å². The molecule has 0 spiro atoms. The maximum absolute atomic E-state index is 12.9. The summed E-state index contributed by atoms with van der Waals surface area (Å²) in [6, 6.07) is 4.09. The molecule has 0 aromatic heterocycles. The number of halogens is 2. The lowest BCUT2D eigenvalue weighted by atomic mass is 10.0. The molecular weight excluding hydrogens is 303 g/mol. The lowest BCUT2D eigenvalue weighted by Gasteiger charge is -2.38. The van der Waals surface area contributed by atoms with Gasteiger partial charge in [0.1, 0.15) is 12.4 Å². The van der Waals surface area contributed by atoms with Crippen molar-refractivity contribution >= 4 is 27.5 Å². The van der Waals surface area contributed by atoms with E-state index in [4.69, 9.17) is 4.74 Å². The summed E-state index contributed by atoms with van der Waals surface area (Å²) in [5.74, 6) is -0.611. The average Bonchev–Trinajstić information content (AvgIpc) is 2.28.